The largest absolute Gasteiger partial charge is 0.486 e. The van der Waals surface area contributed by atoms with Crippen LogP contribution in [0.2, 0.25) is 0 Å². The Hall–Kier alpha value is -3.11. The molecule has 0 N–H and O–H groups in total. The fraction of sp³-hybridized carbons (Fsp3) is 0.208. The maximum Gasteiger partial charge on any atom is 0.416 e. The molecule has 0 bridgehead atoms. The molecule has 0 saturated carbocycles. The van der Waals surface area contributed by atoms with E-state index >= 15 is 0 Å². The molecule has 0 aliphatic heterocycles. The van der Waals surface area contributed by atoms with Gasteiger partial charge < -0.3 is 4.74 Å². The Morgan fingerprint density at radius 1 is 1.15 bits per heavy atom. The fourth-order valence-electron chi connectivity index (χ4n) is 3.20. The Labute approximate surface area is 203 Å². The Bertz CT molecular complexity index is 1280. The van der Waals surface area contributed by atoms with Gasteiger partial charge in [-0.2, -0.15) is 13.2 Å². The van der Waals surface area contributed by atoms with Crippen molar-refractivity contribution in [1.82, 2.24) is 19.7 Å². The lowest BCUT2D eigenvalue weighted by molar-refractivity contribution is -0.137. The first-order valence-electron chi connectivity index (χ1n) is 10.3. The van der Waals surface area contributed by atoms with Crippen molar-refractivity contribution in [2.75, 3.05) is 0 Å². The van der Waals surface area contributed by atoms with Crippen molar-refractivity contribution >= 4 is 23.1 Å². The van der Waals surface area contributed by atoms with Crippen LogP contribution in [-0.2, 0) is 25.1 Å². The summed E-state index contributed by atoms with van der Waals surface area (Å²) in [4.78, 5) is 4.75. The number of rotatable bonds is 9. The second-order valence-electron chi connectivity index (χ2n) is 7.36. The fourth-order valence-corrected chi connectivity index (χ4v) is 5.08. The molecule has 0 radical (unpaired) electrons. The van der Waals surface area contributed by atoms with Gasteiger partial charge in [0.2, 0.25) is 0 Å². The molecule has 0 aliphatic carbocycles. The quantitative estimate of drug-likeness (QED) is 0.186. The first kappa shape index (κ1) is 24.0. The summed E-state index contributed by atoms with van der Waals surface area (Å²) in [6.07, 6.45) is -2.72. The van der Waals surface area contributed by atoms with Crippen molar-refractivity contribution < 1.29 is 17.9 Å². The van der Waals surface area contributed by atoms with Crippen LogP contribution in [0, 0.1) is 6.92 Å². The van der Waals surface area contributed by atoms with E-state index < -0.39 is 11.7 Å². The topological polar surface area (TPSA) is 52.8 Å². The minimum atomic E-state index is -4.43. The molecule has 0 saturated heterocycles. The van der Waals surface area contributed by atoms with E-state index in [1.54, 1.807) is 17.4 Å². The van der Waals surface area contributed by atoms with Crippen LogP contribution in [0.3, 0.4) is 0 Å². The summed E-state index contributed by atoms with van der Waals surface area (Å²) in [5, 5.41) is 12.1. The molecule has 5 nitrogen and oxygen atoms in total. The Morgan fingerprint density at radius 2 is 1.97 bits per heavy atom. The van der Waals surface area contributed by atoms with Gasteiger partial charge >= 0.3 is 6.18 Å². The molecule has 0 amide bonds. The minimum Gasteiger partial charge on any atom is -0.486 e. The van der Waals surface area contributed by atoms with Gasteiger partial charge in [-0.25, -0.2) is 4.98 Å². The summed E-state index contributed by atoms with van der Waals surface area (Å²) in [6, 6.07) is 12.9. The van der Waals surface area contributed by atoms with Gasteiger partial charge in [0.1, 0.15) is 17.4 Å². The lowest BCUT2D eigenvalue weighted by Crippen LogP contribution is -2.08. The van der Waals surface area contributed by atoms with Crippen LogP contribution >= 0.6 is 23.1 Å². The summed E-state index contributed by atoms with van der Waals surface area (Å²) in [5.74, 6) is 1.22. The summed E-state index contributed by atoms with van der Waals surface area (Å²) >= 11 is 3.08. The molecule has 4 aromatic rings. The highest BCUT2D eigenvalue weighted by atomic mass is 32.2. The first-order valence-corrected chi connectivity index (χ1v) is 12.2. The number of nitrogens with zero attached hydrogens (tertiary/aromatic N) is 4. The van der Waals surface area contributed by atoms with Crippen molar-refractivity contribution in [3.8, 4) is 16.3 Å². The van der Waals surface area contributed by atoms with Crippen LogP contribution < -0.4 is 4.74 Å². The van der Waals surface area contributed by atoms with Gasteiger partial charge in [0, 0.05) is 23.2 Å². The second kappa shape index (κ2) is 10.4. The van der Waals surface area contributed by atoms with E-state index in [9.17, 15) is 13.2 Å². The normalized spacial score (nSPS) is 11.5. The number of aromatic nitrogens is 4. The van der Waals surface area contributed by atoms with E-state index in [-0.39, 0.29) is 12.4 Å². The van der Waals surface area contributed by atoms with E-state index in [0.717, 1.165) is 28.4 Å². The van der Waals surface area contributed by atoms with Crippen LogP contribution in [0.1, 0.15) is 22.6 Å². The van der Waals surface area contributed by atoms with E-state index in [1.807, 2.05) is 22.1 Å². The van der Waals surface area contributed by atoms with Crippen molar-refractivity contribution in [1.29, 1.82) is 0 Å². The van der Waals surface area contributed by atoms with Crippen LogP contribution in [0.4, 0.5) is 13.2 Å². The zero-order chi connectivity index (χ0) is 24.1. The van der Waals surface area contributed by atoms with Crippen molar-refractivity contribution in [3.05, 3.63) is 89.2 Å². The predicted molar refractivity (Wildman–Crippen MR) is 128 cm³/mol. The molecule has 0 atom stereocenters. The average molecular weight is 503 g/mol. The minimum absolute atomic E-state index is 0.0170. The predicted octanol–water partition coefficient (Wildman–Crippen LogP) is 6.79. The van der Waals surface area contributed by atoms with E-state index in [2.05, 4.69) is 35.8 Å². The van der Waals surface area contributed by atoms with Gasteiger partial charge in [-0.3, -0.25) is 4.57 Å². The Balaban J connectivity index is 1.44. The number of halogens is 3. The van der Waals surface area contributed by atoms with Gasteiger partial charge in [-0.05, 0) is 30.7 Å². The summed E-state index contributed by atoms with van der Waals surface area (Å²) in [6.45, 7) is 6.27. The third kappa shape index (κ3) is 5.68. The average Bonchev–Trinajstić information content (AvgIpc) is 3.44. The number of aryl methyl sites for hydroxylation is 1. The lowest BCUT2D eigenvalue weighted by Gasteiger charge is -2.11. The number of ether oxygens (including phenoxy) is 1. The highest BCUT2D eigenvalue weighted by molar-refractivity contribution is 7.98. The number of alkyl halides is 3. The molecule has 0 unspecified atom stereocenters. The number of hydrogen-bond donors (Lipinski definition) is 0. The van der Waals surface area contributed by atoms with Crippen molar-refractivity contribution in [3.63, 3.8) is 0 Å². The molecule has 176 valence electrons. The monoisotopic (exact) mass is 502 g/mol. The Morgan fingerprint density at radius 3 is 2.74 bits per heavy atom. The summed E-state index contributed by atoms with van der Waals surface area (Å²) in [7, 11) is 0. The number of benzene rings is 2. The molecule has 4 rings (SSSR count). The highest BCUT2D eigenvalue weighted by Crippen LogP contribution is 2.32. The van der Waals surface area contributed by atoms with Crippen LogP contribution in [0.25, 0.3) is 10.6 Å². The van der Waals surface area contributed by atoms with Gasteiger partial charge in [-0.15, -0.1) is 28.1 Å². The van der Waals surface area contributed by atoms with Crippen molar-refractivity contribution in [2.24, 2.45) is 0 Å². The molecule has 2 heterocycles. The number of thioether (sulfide) groups is 1. The van der Waals surface area contributed by atoms with Gasteiger partial charge in [0.15, 0.2) is 11.0 Å². The molecule has 0 aliphatic rings. The highest BCUT2D eigenvalue weighted by Gasteiger charge is 2.30. The van der Waals surface area contributed by atoms with Gasteiger partial charge in [0.25, 0.3) is 0 Å². The molecule has 10 heteroatoms. The first-order chi connectivity index (χ1) is 16.3. The zero-order valence-corrected chi connectivity index (χ0v) is 19.9. The Kier molecular flexibility index (Phi) is 7.38. The van der Waals surface area contributed by atoms with Crippen LogP contribution in [0.5, 0.6) is 5.75 Å². The second-order valence-corrected chi connectivity index (χ2v) is 9.16. The van der Waals surface area contributed by atoms with Gasteiger partial charge in [0.05, 0.1) is 11.3 Å². The molecular formula is C24H21F3N4OS2. The van der Waals surface area contributed by atoms with E-state index in [0.29, 0.717) is 23.3 Å². The molecule has 34 heavy (non-hydrogen) atoms. The third-order valence-corrected chi connectivity index (χ3v) is 6.84. The van der Waals surface area contributed by atoms with E-state index in [1.165, 1.54) is 29.5 Å². The molecule has 0 fully saturated rings. The molecule has 2 aromatic carbocycles. The number of allylic oxidation sites excluding steroid dienone is 1. The zero-order valence-electron chi connectivity index (χ0n) is 18.2. The summed E-state index contributed by atoms with van der Waals surface area (Å²) in [5.41, 5.74) is 2.46. The number of hydrogen-bond acceptors (Lipinski definition) is 6. The molecular weight excluding hydrogens is 481 g/mol. The maximum atomic E-state index is 12.9. The molecule has 2 aromatic heterocycles. The maximum absolute atomic E-state index is 12.9. The smallest absolute Gasteiger partial charge is 0.416 e. The SMILES string of the molecule is C=CCn1c(COc2cccc(C(F)(F)F)c2)nnc1SCc1csc(-c2ccccc2C)n1. The molecule has 0 spiro atoms. The van der Waals surface area contributed by atoms with Crippen molar-refractivity contribution in [2.45, 2.75) is 37.2 Å². The number of thiazole rings is 1. The third-order valence-electron chi connectivity index (χ3n) is 4.91. The van der Waals surface area contributed by atoms with E-state index in [4.69, 9.17) is 9.72 Å². The van der Waals surface area contributed by atoms with Crippen LogP contribution in [0.15, 0.2) is 71.7 Å². The summed E-state index contributed by atoms with van der Waals surface area (Å²) < 4.78 is 46.2. The van der Waals surface area contributed by atoms with Gasteiger partial charge in [-0.1, -0.05) is 48.2 Å². The van der Waals surface area contributed by atoms with Crippen LogP contribution in [-0.4, -0.2) is 19.7 Å². The lowest BCUT2D eigenvalue weighted by atomic mass is 10.1. The standard InChI is InChI=1S/C24H21F3N4OS2/c1-3-11-31-21(13-32-19-9-6-8-17(12-19)24(25,26)27)29-30-23(31)34-15-18-14-33-22(28-18)20-10-5-4-7-16(20)2/h3-10,12,14H,1,11,13,15H2,2H3.